The highest BCUT2D eigenvalue weighted by Gasteiger charge is 2.36. The number of rotatable bonds is 4. The number of nitrogens with zero attached hydrogens (tertiary/aromatic N) is 2. The fraction of sp³-hybridized carbons (Fsp3) is 0.357. The van der Waals surface area contributed by atoms with Crippen molar-refractivity contribution in [1.82, 2.24) is 9.29 Å². The third-order valence-electron chi connectivity index (χ3n) is 3.56. The molecule has 2 heterocycles. The van der Waals surface area contributed by atoms with Gasteiger partial charge in [-0.1, -0.05) is 12.1 Å². The Bertz CT molecular complexity index is 699. The average molecular weight is 326 g/mol. The van der Waals surface area contributed by atoms with E-state index >= 15 is 0 Å². The van der Waals surface area contributed by atoms with E-state index in [1.165, 1.54) is 39.9 Å². The summed E-state index contributed by atoms with van der Waals surface area (Å²) in [5.41, 5.74) is 0.598. The molecule has 4 nitrogen and oxygen atoms in total. The van der Waals surface area contributed by atoms with Gasteiger partial charge in [0.1, 0.15) is 10.8 Å². The Labute approximate surface area is 127 Å². The molecular formula is C14H15FN2O2S2. The van der Waals surface area contributed by atoms with E-state index in [9.17, 15) is 12.8 Å². The summed E-state index contributed by atoms with van der Waals surface area (Å²) in [6.07, 6.45) is 3.34. The van der Waals surface area contributed by atoms with Gasteiger partial charge >= 0.3 is 0 Å². The Hall–Kier alpha value is -1.31. The minimum Gasteiger partial charge on any atom is -0.248 e. The molecule has 0 aliphatic carbocycles. The highest BCUT2D eigenvalue weighted by atomic mass is 32.2. The number of sulfonamides is 1. The van der Waals surface area contributed by atoms with Gasteiger partial charge < -0.3 is 0 Å². The van der Waals surface area contributed by atoms with E-state index in [0.29, 0.717) is 12.1 Å². The van der Waals surface area contributed by atoms with Crippen molar-refractivity contribution in [1.29, 1.82) is 0 Å². The van der Waals surface area contributed by atoms with Crippen LogP contribution in [0.4, 0.5) is 4.39 Å². The molecule has 7 heteroatoms. The third kappa shape index (κ3) is 3.14. The predicted octanol–water partition coefficient (Wildman–Crippen LogP) is 2.95. The van der Waals surface area contributed by atoms with Gasteiger partial charge in [-0.05, 0) is 30.5 Å². The van der Waals surface area contributed by atoms with Crippen molar-refractivity contribution in [3.05, 3.63) is 52.2 Å². The first kappa shape index (κ1) is 14.6. The van der Waals surface area contributed by atoms with Gasteiger partial charge in [-0.2, -0.15) is 4.31 Å². The van der Waals surface area contributed by atoms with Crippen LogP contribution in [0.3, 0.4) is 0 Å². The Kier molecular flexibility index (Phi) is 4.05. The van der Waals surface area contributed by atoms with Crippen molar-refractivity contribution in [3.63, 3.8) is 0 Å². The zero-order valence-electron chi connectivity index (χ0n) is 11.3. The monoisotopic (exact) mass is 326 g/mol. The van der Waals surface area contributed by atoms with Gasteiger partial charge in [-0.25, -0.2) is 17.8 Å². The number of halogens is 1. The fourth-order valence-electron chi connectivity index (χ4n) is 2.59. The lowest BCUT2D eigenvalue weighted by atomic mass is 10.2. The molecule has 112 valence electrons. The molecule has 0 saturated carbocycles. The molecule has 1 aliphatic heterocycles. The first-order valence-electron chi connectivity index (χ1n) is 6.69. The molecule has 1 aromatic heterocycles. The summed E-state index contributed by atoms with van der Waals surface area (Å²) in [4.78, 5) is 4.24. The van der Waals surface area contributed by atoms with E-state index in [0.717, 1.165) is 17.8 Å². The smallest absolute Gasteiger partial charge is 0.218 e. The quantitative estimate of drug-likeness (QED) is 0.868. The number of benzene rings is 1. The summed E-state index contributed by atoms with van der Waals surface area (Å²) in [6.45, 7) is 0.522. The average Bonchev–Trinajstić information content (AvgIpc) is 3.11. The first-order valence-corrected chi connectivity index (χ1v) is 9.18. The second-order valence-electron chi connectivity index (χ2n) is 5.02. The highest BCUT2D eigenvalue weighted by molar-refractivity contribution is 7.88. The topological polar surface area (TPSA) is 50.3 Å². The van der Waals surface area contributed by atoms with Crippen LogP contribution in [0.1, 0.15) is 29.5 Å². The van der Waals surface area contributed by atoms with E-state index in [4.69, 9.17) is 0 Å². The second-order valence-corrected chi connectivity index (χ2v) is 7.87. The molecule has 0 spiro atoms. The Morgan fingerprint density at radius 1 is 1.33 bits per heavy atom. The Morgan fingerprint density at radius 2 is 2.10 bits per heavy atom. The molecule has 1 aromatic carbocycles. The molecule has 0 amide bonds. The number of thiazole rings is 1. The summed E-state index contributed by atoms with van der Waals surface area (Å²) in [5, 5.41) is 2.70. The number of hydrogen-bond donors (Lipinski definition) is 0. The summed E-state index contributed by atoms with van der Waals surface area (Å²) in [7, 11) is -3.42. The van der Waals surface area contributed by atoms with Crippen molar-refractivity contribution in [2.24, 2.45) is 0 Å². The summed E-state index contributed by atoms with van der Waals surface area (Å²) in [6, 6.07) is 5.44. The first-order chi connectivity index (χ1) is 10.1. The summed E-state index contributed by atoms with van der Waals surface area (Å²) in [5.74, 6) is -0.465. The molecule has 1 unspecified atom stereocenters. The van der Waals surface area contributed by atoms with Crippen LogP contribution in [0.5, 0.6) is 0 Å². The molecule has 3 rings (SSSR count). The second kappa shape index (κ2) is 5.82. The van der Waals surface area contributed by atoms with Gasteiger partial charge in [0.05, 0.1) is 11.8 Å². The van der Waals surface area contributed by atoms with E-state index in [1.807, 2.05) is 5.38 Å². The number of aromatic nitrogens is 1. The Morgan fingerprint density at radius 3 is 2.76 bits per heavy atom. The largest absolute Gasteiger partial charge is 0.248 e. The molecule has 1 aliphatic rings. The van der Waals surface area contributed by atoms with E-state index < -0.39 is 10.0 Å². The molecule has 0 bridgehead atoms. The predicted molar refractivity (Wildman–Crippen MR) is 79.8 cm³/mol. The van der Waals surface area contributed by atoms with E-state index in [-0.39, 0.29) is 17.6 Å². The molecular weight excluding hydrogens is 311 g/mol. The van der Waals surface area contributed by atoms with Gasteiger partial charge in [0.15, 0.2) is 0 Å². The maximum atomic E-state index is 12.9. The summed E-state index contributed by atoms with van der Waals surface area (Å²) >= 11 is 1.48. The zero-order chi connectivity index (χ0) is 14.9. The molecule has 0 N–H and O–H groups in total. The minimum atomic E-state index is -3.42. The normalized spacial score (nSPS) is 20.0. The highest BCUT2D eigenvalue weighted by Crippen LogP contribution is 2.35. The lowest BCUT2D eigenvalue weighted by molar-refractivity contribution is 0.395. The van der Waals surface area contributed by atoms with Crippen LogP contribution in [-0.2, 0) is 15.8 Å². The molecule has 1 fully saturated rings. The van der Waals surface area contributed by atoms with Crippen molar-refractivity contribution in [3.8, 4) is 0 Å². The van der Waals surface area contributed by atoms with Gasteiger partial charge in [-0.15, -0.1) is 11.3 Å². The summed E-state index contributed by atoms with van der Waals surface area (Å²) < 4.78 is 39.6. The molecule has 1 saturated heterocycles. The van der Waals surface area contributed by atoms with Crippen LogP contribution in [0.15, 0.2) is 35.8 Å². The maximum Gasteiger partial charge on any atom is 0.218 e. The van der Waals surface area contributed by atoms with Gasteiger partial charge in [-0.3, -0.25) is 0 Å². The molecule has 21 heavy (non-hydrogen) atoms. The van der Waals surface area contributed by atoms with Gasteiger partial charge in [0.2, 0.25) is 10.0 Å². The van der Waals surface area contributed by atoms with Gasteiger partial charge in [0, 0.05) is 18.1 Å². The van der Waals surface area contributed by atoms with E-state index in [1.54, 1.807) is 6.20 Å². The standard InChI is InChI=1S/C14H15FN2O2S2/c15-12-5-3-11(4-6-12)10-21(18,19)17-8-1-2-13(17)14-16-7-9-20-14/h3-7,9,13H,1-2,8,10H2. The zero-order valence-corrected chi connectivity index (χ0v) is 12.9. The van der Waals surface area contributed by atoms with Crippen LogP contribution in [0, 0.1) is 5.82 Å². The molecule has 1 atom stereocenters. The SMILES string of the molecule is O=S(=O)(Cc1ccc(F)cc1)N1CCCC1c1nccs1. The number of hydrogen-bond acceptors (Lipinski definition) is 4. The maximum absolute atomic E-state index is 12.9. The lowest BCUT2D eigenvalue weighted by Gasteiger charge is -2.22. The van der Waals surface area contributed by atoms with Crippen LogP contribution in [0.25, 0.3) is 0 Å². The molecule has 2 aromatic rings. The van der Waals surface area contributed by atoms with Gasteiger partial charge in [0.25, 0.3) is 0 Å². The van der Waals surface area contributed by atoms with Crippen LogP contribution in [-0.4, -0.2) is 24.3 Å². The van der Waals surface area contributed by atoms with Crippen LogP contribution >= 0.6 is 11.3 Å². The third-order valence-corrected chi connectivity index (χ3v) is 6.29. The lowest BCUT2D eigenvalue weighted by Crippen LogP contribution is -2.31. The van der Waals surface area contributed by atoms with Crippen molar-refractivity contribution >= 4 is 21.4 Å². The van der Waals surface area contributed by atoms with Crippen LogP contribution in [0.2, 0.25) is 0 Å². The minimum absolute atomic E-state index is 0.102. The van der Waals surface area contributed by atoms with Crippen molar-refractivity contribution < 1.29 is 12.8 Å². The van der Waals surface area contributed by atoms with Crippen LogP contribution < -0.4 is 0 Å². The van der Waals surface area contributed by atoms with Crippen molar-refractivity contribution in [2.45, 2.75) is 24.6 Å². The van der Waals surface area contributed by atoms with Crippen molar-refractivity contribution in [2.75, 3.05) is 6.54 Å². The fourth-order valence-corrected chi connectivity index (χ4v) is 5.22. The molecule has 0 radical (unpaired) electrons. The van der Waals surface area contributed by atoms with E-state index in [2.05, 4.69) is 4.98 Å². The Balaban J connectivity index is 1.82.